The number of nitrogens with zero attached hydrogens (tertiary/aromatic N) is 1. The fraction of sp³-hybridized carbons (Fsp3) is 1.00. The average molecular weight is 214 g/mol. The third-order valence-corrected chi connectivity index (χ3v) is 3.72. The highest BCUT2D eigenvalue weighted by molar-refractivity contribution is 4.80. The number of rotatable bonds is 4. The maximum Gasteiger partial charge on any atom is 0.0521 e. The Balaban J connectivity index is 2.38. The maximum atomic E-state index is 6.10. The Labute approximate surface area is 94.0 Å². The first-order chi connectivity index (χ1) is 7.02. The molecule has 3 nitrogen and oxygen atoms in total. The van der Waals surface area contributed by atoms with Gasteiger partial charge in [0.1, 0.15) is 0 Å². The van der Waals surface area contributed by atoms with E-state index in [9.17, 15) is 0 Å². The van der Waals surface area contributed by atoms with E-state index in [-0.39, 0.29) is 0 Å². The van der Waals surface area contributed by atoms with Crippen LogP contribution >= 0.6 is 0 Å². The summed E-state index contributed by atoms with van der Waals surface area (Å²) in [5, 5.41) is 0. The van der Waals surface area contributed by atoms with Crippen molar-refractivity contribution in [1.82, 2.24) is 4.90 Å². The Morgan fingerprint density at radius 2 is 2.07 bits per heavy atom. The molecule has 0 spiro atoms. The standard InChI is InChI=1S/C12H26N2O/c1-9(2)10(3)14(4)7-11-8-15-6-5-12(11)13/h9-12H,5-8,13H2,1-4H3. The molecule has 0 aromatic rings. The first-order valence-electron chi connectivity index (χ1n) is 6.06. The van der Waals surface area contributed by atoms with Crippen LogP contribution in [-0.2, 0) is 4.74 Å². The molecule has 3 heteroatoms. The molecule has 0 saturated carbocycles. The van der Waals surface area contributed by atoms with Crippen LogP contribution in [0.15, 0.2) is 0 Å². The van der Waals surface area contributed by atoms with E-state index in [1.54, 1.807) is 0 Å². The molecule has 3 atom stereocenters. The average Bonchev–Trinajstić information content (AvgIpc) is 2.20. The van der Waals surface area contributed by atoms with E-state index in [4.69, 9.17) is 10.5 Å². The molecule has 0 amide bonds. The summed E-state index contributed by atoms with van der Waals surface area (Å²) in [5.74, 6) is 1.20. The van der Waals surface area contributed by atoms with Gasteiger partial charge >= 0.3 is 0 Å². The van der Waals surface area contributed by atoms with Gasteiger partial charge in [-0.15, -0.1) is 0 Å². The van der Waals surface area contributed by atoms with Crippen LogP contribution in [0.3, 0.4) is 0 Å². The molecule has 15 heavy (non-hydrogen) atoms. The largest absolute Gasteiger partial charge is 0.381 e. The Kier molecular flexibility index (Phi) is 5.03. The summed E-state index contributed by atoms with van der Waals surface area (Å²) in [7, 11) is 2.19. The summed E-state index contributed by atoms with van der Waals surface area (Å²) in [5.41, 5.74) is 6.10. The van der Waals surface area contributed by atoms with Gasteiger partial charge in [0.2, 0.25) is 0 Å². The number of hydrogen-bond acceptors (Lipinski definition) is 3. The minimum absolute atomic E-state index is 0.320. The van der Waals surface area contributed by atoms with Crippen LogP contribution in [0.4, 0.5) is 0 Å². The molecule has 1 rings (SSSR count). The molecule has 1 aliphatic rings. The fourth-order valence-corrected chi connectivity index (χ4v) is 2.05. The first-order valence-corrected chi connectivity index (χ1v) is 6.06. The zero-order valence-electron chi connectivity index (χ0n) is 10.6. The number of nitrogens with two attached hydrogens (primary N) is 1. The predicted octanol–water partition coefficient (Wildman–Crippen LogP) is 1.33. The van der Waals surface area contributed by atoms with Crippen molar-refractivity contribution in [3.05, 3.63) is 0 Å². The predicted molar refractivity (Wildman–Crippen MR) is 63.8 cm³/mol. The molecule has 1 aliphatic heterocycles. The second-order valence-electron chi connectivity index (χ2n) is 5.21. The Morgan fingerprint density at radius 1 is 1.40 bits per heavy atom. The smallest absolute Gasteiger partial charge is 0.0521 e. The van der Waals surface area contributed by atoms with Gasteiger partial charge < -0.3 is 15.4 Å². The lowest BCUT2D eigenvalue weighted by Crippen LogP contribution is -2.47. The van der Waals surface area contributed by atoms with Gasteiger partial charge in [0.15, 0.2) is 0 Å². The van der Waals surface area contributed by atoms with Gasteiger partial charge in [-0.25, -0.2) is 0 Å². The minimum Gasteiger partial charge on any atom is -0.381 e. The summed E-state index contributed by atoms with van der Waals surface area (Å²) >= 11 is 0. The summed E-state index contributed by atoms with van der Waals surface area (Å²) in [6, 6.07) is 0.930. The monoisotopic (exact) mass is 214 g/mol. The van der Waals surface area contributed by atoms with Crippen molar-refractivity contribution in [2.45, 2.75) is 39.3 Å². The van der Waals surface area contributed by atoms with Crippen molar-refractivity contribution >= 4 is 0 Å². The van der Waals surface area contributed by atoms with Crippen LogP contribution < -0.4 is 5.73 Å². The van der Waals surface area contributed by atoms with Gasteiger partial charge in [0, 0.05) is 31.2 Å². The molecule has 1 saturated heterocycles. The van der Waals surface area contributed by atoms with Gasteiger partial charge in [0.25, 0.3) is 0 Å². The zero-order chi connectivity index (χ0) is 11.4. The third-order valence-electron chi connectivity index (χ3n) is 3.72. The molecule has 2 N–H and O–H groups in total. The second-order valence-corrected chi connectivity index (χ2v) is 5.21. The normalized spacial score (nSPS) is 29.8. The van der Waals surface area contributed by atoms with E-state index in [1.165, 1.54) is 0 Å². The van der Waals surface area contributed by atoms with E-state index in [0.29, 0.717) is 23.9 Å². The molecule has 0 aliphatic carbocycles. The number of hydrogen-bond donors (Lipinski definition) is 1. The highest BCUT2D eigenvalue weighted by Gasteiger charge is 2.25. The summed E-state index contributed by atoms with van der Waals surface area (Å²) < 4.78 is 5.49. The molecule has 1 fully saturated rings. The van der Waals surface area contributed by atoms with E-state index >= 15 is 0 Å². The van der Waals surface area contributed by atoms with E-state index in [0.717, 1.165) is 26.2 Å². The summed E-state index contributed by atoms with van der Waals surface area (Å²) in [4.78, 5) is 2.41. The van der Waals surface area contributed by atoms with Gasteiger partial charge in [0.05, 0.1) is 6.61 Å². The minimum atomic E-state index is 0.320. The highest BCUT2D eigenvalue weighted by atomic mass is 16.5. The fourth-order valence-electron chi connectivity index (χ4n) is 2.05. The molecular weight excluding hydrogens is 188 g/mol. The van der Waals surface area contributed by atoms with E-state index in [2.05, 4.69) is 32.7 Å². The van der Waals surface area contributed by atoms with Crippen LogP contribution in [0.2, 0.25) is 0 Å². The molecule has 90 valence electrons. The van der Waals surface area contributed by atoms with Crippen LogP contribution in [-0.4, -0.2) is 43.8 Å². The van der Waals surface area contributed by atoms with E-state index in [1.807, 2.05) is 0 Å². The summed E-state index contributed by atoms with van der Waals surface area (Å²) in [6.45, 7) is 9.52. The summed E-state index contributed by atoms with van der Waals surface area (Å²) in [6.07, 6.45) is 1.01. The molecule has 3 unspecified atom stereocenters. The molecule has 0 aromatic heterocycles. The molecule has 0 radical (unpaired) electrons. The third kappa shape index (κ3) is 3.74. The zero-order valence-corrected chi connectivity index (χ0v) is 10.6. The van der Waals surface area contributed by atoms with Crippen molar-refractivity contribution in [2.24, 2.45) is 17.6 Å². The van der Waals surface area contributed by atoms with Gasteiger partial charge in [-0.05, 0) is 26.3 Å². The van der Waals surface area contributed by atoms with Crippen molar-refractivity contribution in [3.63, 3.8) is 0 Å². The van der Waals surface area contributed by atoms with Crippen LogP contribution in [0.25, 0.3) is 0 Å². The van der Waals surface area contributed by atoms with Gasteiger partial charge in [-0.2, -0.15) is 0 Å². The molecule has 1 heterocycles. The van der Waals surface area contributed by atoms with Crippen molar-refractivity contribution in [1.29, 1.82) is 0 Å². The van der Waals surface area contributed by atoms with Gasteiger partial charge in [-0.3, -0.25) is 0 Å². The van der Waals surface area contributed by atoms with Crippen LogP contribution in [0.1, 0.15) is 27.2 Å². The Hall–Kier alpha value is -0.120. The topological polar surface area (TPSA) is 38.5 Å². The second kappa shape index (κ2) is 5.83. The Bertz CT molecular complexity index is 184. The van der Waals surface area contributed by atoms with Crippen molar-refractivity contribution in [3.8, 4) is 0 Å². The van der Waals surface area contributed by atoms with Crippen molar-refractivity contribution < 1.29 is 4.74 Å². The molecule has 0 aromatic carbocycles. The lowest BCUT2D eigenvalue weighted by Gasteiger charge is -2.35. The SMILES string of the molecule is CC(C)C(C)N(C)CC1COCCC1N. The highest BCUT2D eigenvalue weighted by Crippen LogP contribution is 2.16. The number of ether oxygens (including phenoxy) is 1. The van der Waals surface area contributed by atoms with E-state index < -0.39 is 0 Å². The maximum absolute atomic E-state index is 6.10. The van der Waals surface area contributed by atoms with Crippen LogP contribution in [0, 0.1) is 11.8 Å². The molecule has 0 bridgehead atoms. The first kappa shape index (κ1) is 12.9. The van der Waals surface area contributed by atoms with Gasteiger partial charge in [-0.1, -0.05) is 13.8 Å². The lowest BCUT2D eigenvalue weighted by molar-refractivity contribution is 0.0220. The quantitative estimate of drug-likeness (QED) is 0.767. The van der Waals surface area contributed by atoms with Crippen LogP contribution in [0.5, 0.6) is 0 Å². The van der Waals surface area contributed by atoms with Crippen molar-refractivity contribution in [2.75, 3.05) is 26.8 Å². The lowest BCUT2D eigenvalue weighted by atomic mass is 9.95. The Morgan fingerprint density at radius 3 is 2.60 bits per heavy atom. The molecular formula is C12H26N2O.